The van der Waals surface area contributed by atoms with Crippen molar-refractivity contribution in [2.75, 3.05) is 0 Å². The van der Waals surface area contributed by atoms with Gasteiger partial charge in [0.05, 0.1) is 5.60 Å². The molecule has 3 heteroatoms. The Hall–Kier alpha value is -0.153. The molecule has 0 radical (unpaired) electrons. The zero-order valence-corrected chi connectivity index (χ0v) is 16.0. The lowest BCUT2D eigenvalue weighted by Gasteiger charge is -2.35. The third-order valence-electron chi connectivity index (χ3n) is 3.69. The molecule has 2 nitrogen and oxygen atoms in total. The molecule has 0 fully saturated rings. The summed E-state index contributed by atoms with van der Waals surface area (Å²) in [4.78, 5) is 11.5. The SMILES string of the molecule is CC(C)CCCC(C)(C=O)CCC(C)(C)O[Si](C)(C)C. The van der Waals surface area contributed by atoms with Crippen molar-refractivity contribution >= 4 is 14.6 Å². The standard InChI is InChI=1S/C17H36O2Si/c1-15(2)10-9-11-17(5,14-18)13-12-16(3,4)19-20(6,7)8/h14-15H,9-13H2,1-8H3. The van der Waals surface area contributed by atoms with Gasteiger partial charge in [-0.2, -0.15) is 0 Å². The zero-order chi connectivity index (χ0) is 16.0. The third-order valence-corrected chi connectivity index (χ3v) is 4.86. The molecule has 0 saturated carbocycles. The second-order valence-electron chi connectivity index (χ2n) is 8.53. The van der Waals surface area contributed by atoms with Crippen LogP contribution in [0.5, 0.6) is 0 Å². The van der Waals surface area contributed by atoms with Crippen LogP contribution in [-0.2, 0) is 9.22 Å². The number of hydrogen-bond donors (Lipinski definition) is 0. The molecule has 0 N–H and O–H groups in total. The number of hydrogen-bond acceptors (Lipinski definition) is 2. The summed E-state index contributed by atoms with van der Waals surface area (Å²) in [5.41, 5.74) is -0.304. The van der Waals surface area contributed by atoms with Crippen molar-refractivity contribution in [3.05, 3.63) is 0 Å². The average Bonchev–Trinajstić information content (AvgIpc) is 2.23. The molecule has 0 aromatic heterocycles. The highest BCUT2D eigenvalue weighted by atomic mass is 28.4. The largest absolute Gasteiger partial charge is 0.413 e. The fraction of sp³-hybridized carbons (Fsp3) is 0.941. The fourth-order valence-corrected chi connectivity index (χ4v) is 4.38. The summed E-state index contributed by atoms with van der Waals surface area (Å²) in [6, 6.07) is 0. The third kappa shape index (κ3) is 9.70. The number of carbonyl (C=O) groups excluding carboxylic acids is 1. The van der Waals surface area contributed by atoms with Crippen LogP contribution in [0.1, 0.15) is 66.7 Å². The van der Waals surface area contributed by atoms with Crippen LogP contribution in [0.15, 0.2) is 0 Å². The Labute approximate surface area is 127 Å². The minimum Gasteiger partial charge on any atom is -0.413 e. The molecule has 120 valence electrons. The summed E-state index contributed by atoms with van der Waals surface area (Å²) >= 11 is 0. The summed E-state index contributed by atoms with van der Waals surface area (Å²) in [6.07, 6.45) is 6.39. The molecule has 20 heavy (non-hydrogen) atoms. The van der Waals surface area contributed by atoms with E-state index < -0.39 is 8.32 Å². The Morgan fingerprint density at radius 1 is 1.05 bits per heavy atom. The summed E-state index contributed by atoms with van der Waals surface area (Å²) < 4.78 is 6.23. The molecule has 0 aromatic rings. The van der Waals surface area contributed by atoms with E-state index in [-0.39, 0.29) is 11.0 Å². The Morgan fingerprint density at radius 3 is 2.00 bits per heavy atom. The molecule has 0 heterocycles. The first-order chi connectivity index (χ1) is 8.89. The molecule has 0 spiro atoms. The van der Waals surface area contributed by atoms with Gasteiger partial charge in [0, 0.05) is 5.41 Å². The normalized spacial score (nSPS) is 16.2. The number of rotatable bonds is 10. The lowest BCUT2D eigenvalue weighted by molar-refractivity contribution is -0.116. The van der Waals surface area contributed by atoms with Crippen molar-refractivity contribution in [3.63, 3.8) is 0 Å². The van der Waals surface area contributed by atoms with Crippen LogP contribution in [0.2, 0.25) is 19.6 Å². The maximum Gasteiger partial charge on any atom is 0.184 e. The average molecular weight is 301 g/mol. The van der Waals surface area contributed by atoms with Gasteiger partial charge >= 0.3 is 0 Å². The maximum atomic E-state index is 11.5. The molecule has 0 aromatic carbocycles. The van der Waals surface area contributed by atoms with E-state index in [4.69, 9.17) is 4.43 Å². The predicted molar refractivity (Wildman–Crippen MR) is 90.6 cm³/mol. The number of carbonyl (C=O) groups is 1. The van der Waals surface area contributed by atoms with E-state index in [2.05, 4.69) is 54.3 Å². The van der Waals surface area contributed by atoms with Gasteiger partial charge in [-0.1, -0.05) is 33.6 Å². The van der Waals surface area contributed by atoms with E-state index in [0.717, 1.165) is 37.9 Å². The minimum absolute atomic E-state index is 0.118. The molecule has 0 aliphatic carbocycles. The van der Waals surface area contributed by atoms with E-state index in [1.807, 2.05) is 0 Å². The van der Waals surface area contributed by atoms with Crippen molar-refractivity contribution in [1.29, 1.82) is 0 Å². The zero-order valence-electron chi connectivity index (χ0n) is 15.0. The molecule has 0 saturated heterocycles. The molecule has 0 aliphatic heterocycles. The van der Waals surface area contributed by atoms with Gasteiger partial charge in [-0.15, -0.1) is 0 Å². The van der Waals surface area contributed by atoms with Crippen molar-refractivity contribution in [2.24, 2.45) is 11.3 Å². The summed E-state index contributed by atoms with van der Waals surface area (Å²) in [5.74, 6) is 0.720. The lowest BCUT2D eigenvalue weighted by atomic mass is 9.79. The van der Waals surface area contributed by atoms with Crippen molar-refractivity contribution in [2.45, 2.75) is 92.0 Å². The highest BCUT2D eigenvalue weighted by Crippen LogP contribution is 2.33. The fourth-order valence-electron chi connectivity index (χ4n) is 2.62. The molecule has 1 unspecified atom stereocenters. The van der Waals surface area contributed by atoms with Crippen LogP contribution in [0.25, 0.3) is 0 Å². The number of aldehydes is 1. The first-order valence-electron chi connectivity index (χ1n) is 8.06. The van der Waals surface area contributed by atoms with E-state index in [9.17, 15) is 4.79 Å². The van der Waals surface area contributed by atoms with E-state index in [1.165, 1.54) is 6.42 Å². The Bertz CT molecular complexity index is 292. The maximum absolute atomic E-state index is 11.5. The molecular formula is C17H36O2Si. The second-order valence-corrected chi connectivity index (χ2v) is 13.0. The smallest absolute Gasteiger partial charge is 0.184 e. The van der Waals surface area contributed by atoms with E-state index >= 15 is 0 Å². The van der Waals surface area contributed by atoms with Crippen LogP contribution in [0.4, 0.5) is 0 Å². The van der Waals surface area contributed by atoms with E-state index in [1.54, 1.807) is 0 Å². The second kappa shape index (κ2) is 7.74. The van der Waals surface area contributed by atoms with Gasteiger partial charge in [-0.3, -0.25) is 0 Å². The predicted octanol–water partition coefficient (Wildman–Crippen LogP) is 5.43. The molecular weight excluding hydrogens is 264 g/mol. The molecule has 0 bridgehead atoms. The monoisotopic (exact) mass is 300 g/mol. The summed E-state index contributed by atoms with van der Waals surface area (Å²) in [7, 11) is -1.53. The van der Waals surface area contributed by atoms with Crippen molar-refractivity contribution < 1.29 is 9.22 Å². The molecule has 1 atom stereocenters. The Kier molecular flexibility index (Phi) is 7.68. The van der Waals surface area contributed by atoms with Gasteiger partial charge in [-0.05, 0) is 58.7 Å². The summed E-state index contributed by atoms with van der Waals surface area (Å²) in [6.45, 7) is 17.6. The van der Waals surface area contributed by atoms with Gasteiger partial charge in [-0.25, -0.2) is 0 Å². The van der Waals surface area contributed by atoms with Gasteiger partial charge in [0.25, 0.3) is 0 Å². The molecule has 0 amide bonds. The topological polar surface area (TPSA) is 26.3 Å². The molecule has 0 rings (SSSR count). The first kappa shape index (κ1) is 19.8. The first-order valence-corrected chi connectivity index (χ1v) is 11.5. The Balaban J connectivity index is 4.38. The lowest BCUT2D eigenvalue weighted by Crippen LogP contribution is -2.39. The van der Waals surface area contributed by atoms with Crippen LogP contribution >= 0.6 is 0 Å². The molecule has 0 aliphatic rings. The highest BCUT2D eigenvalue weighted by Gasteiger charge is 2.31. The van der Waals surface area contributed by atoms with Gasteiger partial charge < -0.3 is 9.22 Å². The van der Waals surface area contributed by atoms with Crippen LogP contribution < -0.4 is 0 Å². The summed E-state index contributed by atoms with van der Waals surface area (Å²) in [5, 5.41) is 0. The van der Waals surface area contributed by atoms with Crippen molar-refractivity contribution in [1.82, 2.24) is 0 Å². The van der Waals surface area contributed by atoms with Gasteiger partial charge in [0.15, 0.2) is 8.32 Å². The van der Waals surface area contributed by atoms with Crippen molar-refractivity contribution in [3.8, 4) is 0 Å². The minimum atomic E-state index is -1.53. The van der Waals surface area contributed by atoms with Crippen LogP contribution in [-0.4, -0.2) is 20.2 Å². The van der Waals surface area contributed by atoms with E-state index in [0.29, 0.717) is 0 Å². The quantitative estimate of drug-likeness (QED) is 0.397. The van der Waals surface area contributed by atoms with Gasteiger partial charge in [0.1, 0.15) is 6.29 Å². The Morgan fingerprint density at radius 2 is 1.60 bits per heavy atom. The van der Waals surface area contributed by atoms with Gasteiger partial charge in [0.2, 0.25) is 0 Å². The highest BCUT2D eigenvalue weighted by molar-refractivity contribution is 6.69. The van der Waals surface area contributed by atoms with Crippen LogP contribution in [0, 0.1) is 11.3 Å². The van der Waals surface area contributed by atoms with Crippen LogP contribution in [0.3, 0.4) is 0 Å².